The maximum absolute atomic E-state index is 6.55. The highest BCUT2D eigenvalue weighted by molar-refractivity contribution is 6.35. The van der Waals surface area contributed by atoms with E-state index < -0.39 is 0 Å². The van der Waals surface area contributed by atoms with Crippen LogP contribution in [0.1, 0.15) is 31.2 Å². The van der Waals surface area contributed by atoms with Gasteiger partial charge in [0.2, 0.25) is 0 Å². The SMILES string of the molecule is CCC1=CC2=C(C=CC=CC2c2cc(Cl)c3ccccc3c2)C1. The molecule has 1 atom stereocenters. The van der Waals surface area contributed by atoms with Gasteiger partial charge in [-0.3, -0.25) is 0 Å². The third kappa shape index (κ3) is 2.58. The van der Waals surface area contributed by atoms with Gasteiger partial charge in [0.15, 0.2) is 0 Å². The zero-order valence-electron chi connectivity index (χ0n) is 13.2. The molecule has 2 aromatic carbocycles. The first-order valence-electron chi connectivity index (χ1n) is 8.22. The van der Waals surface area contributed by atoms with Crippen molar-refractivity contribution in [2.24, 2.45) is 0 Å². The Morgan fingerprint density at radius 1 is 1.13 bits per heavy atom. The molecule has 2 aliphatic rings. The first-order chi connectivity index (χ1) is 11.3. The number of hydrogen-bond donors (Lipinski definition) is 0. The predicted molar refractivity (Wildman–Crippen MR) is 100.0 cm³/mol. The molecule has 0 aromatic heterocycles. The lowest BCUT2D eigenvalue weighted by molar-refractivity contribution is 1.02. The van der Waals surface area contributed by atoms with Crippen LogP contribution in [0.4, 0.5) is 0 Å². The van der Waals surface area contributed by atoms with Gasteiger partial charge in [-0.25, -0.2) is 0 Å². The van der Waals surface area contributed by atoms with E-state index in [0.717, 1.165) is 23.3 Å². The van der Waals surface area contributed by atoms with Gasteiger partial charge in [0.1, 0.15) is 0 Å². The zero-order chi connectivity index (χ0) is 15.8. The molecule has 0 saturated carbocycles. The predicted octanol–water partition coefficient (Wildman–Crippen LogP) is 6.74. The van der Waals surface area contributed by atoms with Gasteiger partial charge in [0.25, 0.3) is 0 Å². The number of allylic oxidation sites excluding steroid dienone is 8. The van der Waals surface area contributed by atoms with Crippen LogP contribution >= 0.6 is 11.6 Å². The van der Waals surface area contributed by atoms with E-state index in [1.54, 1.807) is 0 Å². The average Bonchev–Trinajstić information content (AvgIpc) is 2.88. The molecule has 0 nitrogen and oxygen atoms in total. The van der Waals surface area contributed by atoms with E-state index in [0.29, 0.717) is 0 Å². The molecule has 0 spiro atoms. The van der Waals surface area contributed by atoms with E-state index in [2.05, 4.69) is 67.6 Å². The normalized spacial score (nSPS) is 19.9. The molecular weight excluding hydrogens is 300 g/mol. The van der Waals surface area contributed by atoms with Crippen molar-refractivity contribution < 1.29 is 0 Å². The molecule has 114 valence electrons. The van der Waals surface area contributed by atoms with Crippen molar-refractivity contribution in [3.8, 4) is 0 Å². The van der Waals surface area contributed by atoms with Crippen LogP contribution in [-0.4, -0.2) is 0 Å². The van der Waals surface area contributed by atoms with Gasteiger partial charge in [-0.2, -0.15) is 0 Å². The molecule has 2 aromatic rings. The quantitative estimate of drug-likeness (QED) is 0.575. The first kappa shape index (κ1) is 14.5. The van der Waals surface area contributed by atoms with Crippen molar-refractivity contribution >= 4 is 22.4 Å². The van der Waals surface area contributed by atoms with Gasteiger partial charge in [-0.05, 0) is 41.0 Å². The summed E-state index contributed by atoms with van der Waals surface area (Å²) in [5, 5.41) is 3.17. The Kier molecular flexibility index (Phi) is 3.71. The molecule has 0 amide bonds. The Morgan fingerprint density at radius 2 is 2.00 bits per heavy atom. The lowest BCUT2D eigenvalue weighted by atomic mass is 9.88. The first-order valence-corrected chi connectivity index (χ1v) is 8.59. The standard InChI is InChI=1S/C22H19Cl/c1-2-15-11-16-7-3-5-9-19(21(16)12-15)18-13-17-8-4-6-10-20(17)22(23)14-18/h3-10,12-14,19H,2,11H2,1H3. The van der Waals surface area contributed by atoms with Crippen LogP contribution in [0.2, 0.25) is 5.02 Å². The summed E-state index contributed by atoms with van der Waals surface area (Å²) in [5.74, 6) is 0.283. The highest BCUT2D eigenvalue weighted by Gasteiger charge is 2.22. The molecule has 0 fully saturated rings. The fourth-order valence-corrected chi connectivity index (χ4v) is 3.89. The molecular formula is C22H19Cl. The largest absolute Gasteiger partial charge is 0.0837 e. The van der Waals surface area contributed by atoms with Gasteiger partial charge < -0.3 is 0 Å². The van der Waals surface area contributed by atoms with E-state index in [4.69, 9.17) is 11.6 Å². The summed E-state index contributed by atoms with van der Waals surface area (Å²) in [4.78, 5) is 0. The van der Waals surface area contributed by atoms with Crippen LogP contribution in [-0.2, 0) is 0 Å². The fraction of sp³-hybridized carbons (Fsp3) is 0.182. The fourth-order valence-electron chi connectivity index (χ4n) is 3.59. The smallest absolute Gasteiger partial charge is 0.0487 e. The number of hydrogen-bond acceptors (Lipinski definition) is 0. The second-order valence-corrected chi connectivity index (χ2v) is 6.67. The van der Waals surface area contributed by atoms with Crippen molar-refractivity contribution in [1.29, 1.82) is 0 Å². The van der Waals surface area contributed by atoms with Crippen molar-refractivity contribution in [3.05, 3.63) is 94.1 Å². The summed E-state index contributed by atoms with van der Waals surface area (Å²) >= 11 is 6.55. The third-order valence-electron chi connectivity index (χ3n) is 4.84. The van der Waals surface area contributed by atoms with Crippen molar-refractivity contribution in [2.75, 3.05) is 0 Å². The second kappa shape index (κ2) is 5.86. The van der Waals surface area contributed by atoms with Crippen LogP contribution in [0.3, 0.4) is 0 Å². The zero-order valence-corrected chi connectivity index (χ0v) is 14.0. The molecule has 0 aliphatic heterocycles. The Labute approximate surface area is 142 Å². The maximum Gasteiger partial charge on any atom is 0.0487 e. The molecule has 2 aliphatic carbocycles. The molecule has 0 radical (unpaired) electrons. The van der Waals surface area contributed by atoms with Crippen molar-refractivity contribution in [1.82, 2.24) is 0 Å². The molecule has 0 heterocycles. The molecule has 1 heteroatoms. The second-order valence-electron chi connectivity index (χ2n) is 6.26. The molecule has 0 bridgehead atoms. The van der Waals surface area contributed by atoms with Crippen LogP contribution in [0.5, 0.6) is 0 Å². The van der Waals surface area contributed by atoms with Crippen molar-refractivity contribution in [2.45, 2.75) is 25.7 Å². The number of halogens is 1. The minimum Gasteiger partial charge on any atom is -0.0837 e. The Bertz CT molecular complexity index is 893. The summed E-state index contributed by atoms with van der Waals surface area (Å²) in [5.41, 5.74) is 5.67. The summed E-state index contributed by atoms with van der Waals surface area (Å²) in [7, 11) is 0. The lowest BCUT2D eigenvalue weighted by Crippen LogP contribution is -1.99. The molecule has 0 saturated heterocycles. The Balaban J connectivity index is 1.86. The number of fused-ring (bicyclic) bond motifs is 1. The lowest BCUT2D eigenvalue weighted by Gasteiger charge is -2.16. The number of rotatable bonds is 2. The summed E-state index contributed by atoms with van der Waals surface area (Å²) < 4.78 is 0. The van der Waals surface area contributed by atoms with Crippen molar-refractivity contribution in [3.63, 3.8) is 0 Å². The Morgan fingerprint density at radius 3 is 2.87 bits per heavy atom. The summed E-state index contributed by atoms with van der Waals surface area (Å²) in [6.07, 6.45) is 13.5. The maximum atomic E-state index is 6.55. The van der Waals surface area contributed by atoms with Gasteiger partial charge in [0, 0.05) is 16.3 Å². The Hall–Kier alpha value is -2.05. The minimum atomic E-state index is 0.283. The van der Waals surface area contributed by atoms with Gasteiger partial charge >= 0.3 is 0 Å². The van der Waals surface area contributed by atoms with Gasteiger partial charge in [0.05, 0.1) is 0 Å². The van der Waals surface area contributed by atoms with E-state index in [9.17, 15) is 0 Å². The average molecular weight is 319 g/mol. The van der Waals surface area contributed by atoms with Crippen LogP contribution < -0.4 is 0 Å². The molecule has 4 rings (SSSR count). The van der Waals surface area contributed by atoms with Crippen LogP contribution in [0.15, 0.2) is 83.5 Å². The van der Waals surface area contributed by atoms with Gasteiger partial charge in [-0.1, -0.05) is 84.8 Å². The van der Waals surface area contributed by atoms with Crippen LogP contribution in [0, 0.1) is 0 Å². The minimum absolute atomic E-state index is 0.283. The highest BCUT2D eigenvalue weighted by atomic mass is 35.5. The van der Waals surface area contributed by atoms with E-state index in [-0.39, 0.29) is 5.92 Å². The molecule has 23 heavy (non-hydrogen) atoms. The molecule has 0 N–H and O–H groups in total. The van der Waals surface area contributed by atoms with E-state index >= 15 is 0 Å². The molecule has 1 unspecified atom stereocenters. The van der Waals surface area contributed by atoms with Gasteiger partial charge in [-0.15, -0.1) is 0 Å². The monoisotopic (exact) mass is 318 g/mol. The summed E-state index contributed by atoms with van der Waals surface area (Å²) in [6.45, 7) is 2.24. The van der Waals surface area contributed by atoms with E-state index in [1.807, 2.05) is 6.07 Å². The third-order valence-corrected chi connectivity index (χ3v) is 5.15. The highest BCUT2D eigenvalue weighted by Crippen LogP contribution is 2.41. The topological polar surface area (TPSA) is 0 Å². The number of benzene rings is 2. The van der Waals surface area contributed by atoms with E-state index in [1.165, 1.54) is 27.7 Å². The van der Waals surface area contributed by atoms with Crippen LogP contribution in [0.25, 0.3) is 10.8 Å². The summed E-state index contributed by atoms with van der Waals surface area (Å²) in [6, 6.07) is 12.7.